The highest BCUT2D eigenvalue weighted by atomic mass is 14.7. The fourth-order valence-corrected chi connectivity index (χ4v) is 1.41. The largest absolute Gasteiger partial charge is 0.288 e. The molecule has 0 amide bonds. The highest BCUT2D eigenvalue weighted by Gasteiger charge is 2.18. The van der Waals surface area contributed by atoms with Crippen LogP contribution < -0.4 is 0 Å². The second-order valence-electron chi connectivity index (χ2n) is 4.06. The van der Waals surface area contributed by atoms with E-state index in [1.165, 1.54) is 5.57 Å². The number of nitrogens with zero attached hydrogens (tertiary/aromatic N) is 1. The quantitative estimate of drug-likeness (QED) is 0.574. The highest BCUT2D eigenvalue weighted by molar-refractivity contribution is 6.09. The van der Waals surface area contributed by atoms with Gasteiger partial charge in [-0.05, 0) is 30.9 Å². The van der Waals surface area contributed by atoms with E-state index in [1.807, 2.05) is 20.0 Å². The van der Waals surface area contributed by atoms with Crippen LogP contribution in [0.4, 0.5) is 0 Å². The van der Waals surface area contributed by atoms with Gasteiger partial charge in [0.25, 0.3) is 0 Å². The van der Waals surface area contributed by atoms with Crippen molar-refractivity contribution in [3.05, 3.63) is 23.8 Å². The lowest BCUT2D eigenvalue weighted by atomic mass is 9.83. The molecule has 0 rings (SSSR count). The molecule has 0 saturated heterocycles. The van der Waals surface area contributed by atoms with Gasteiger partial charge in [-0.3, -0.25) is 4.99 Å². The molecule has 0 aromatic rings. The summed E-state index contributed by atoms with van der Waals surface area (Å²) in [5, 5.41) is 0. The summed E-state index contributed by atoms with van der Waals surface area (Å²) in [4.78, 5) is 4.28. The fraction of sp³-hybridized carbons (Fsp3) is 0.583. The molecular formula is C12H21N. The van der Waals surface area contributed by atoms with Gasteiger partial charge in [0.1, 0.15) is 0 Å². The van der Waals surface area contributed by atoms with Crippen molar-refractivity contribution in [2.24, 2.45) is 10.4 Å². The molecule has 0 aromatic carbocycles. The lowest BCUT2D eigenvalue weighted by molar-refractivity contribution is 0.524. The third-order valence-corrected chi connectivity index (χ3v) is 1.94. The monoisotopic (exact) mass is 179 g/mol. The third-order valence-electron chi connectivity index (χ3n) is 1.94. The van der Waals surface area contributed by atoms with Gasteiger partial charge in [0, 0.05) is 7.05 Å². The molecule has 0 unspecified atom stereocenters. The van der Waals surface area contributed by atoms with Crippen LogP contribution in [0, 0.1) is 5.41 Å². The van der Waals surface area contributed by atoms with Crippen LogP contribution in [0.1, 0.15) is 34.6 Å². The average molecular weight is 179 g/mol. The van der Waals surface area contributed by atoms with Crippen LogP contribution in [0.3, 0.4) is 0 Å². The maximum atomic E-state index is 4.28. The molecule has 1 heteroatoms. The van der Waals surface area contributed by atoms with Crippen molar-refractivity contribution in [2.45, 2.75) is 34.6 Å². The Morgan fingerprint density at radius 1 is 1.15 bits per heavy atom. The molecular weight excluding hydrogens is 158 g/mol. The lowest BCUT2D eigenvalue weighted by Gasteiger charge is -2.22. The van der Waals surface area contributed by atoms with Crippen molar-refractivity contribution >= 4 is 5.71 Å². The minimum Gasteiger partial charge on any atom is -0.288 e. The minimum absolute atomic E-state index is 0.170. The van der Waals surface area contributed by atoms with Crippen LogP contribution in [0.2, 0.25) is 0 Å². The predicted molar refractivity (Wildman–Crippen MR) is 61.4 cm³/mol. The lowest BCUT2D eigenvalue weighted by Crippen LogP contribution is -2.16. The van der Waals surface area contributed by atoms with E-state index < -0.39 is 0 Å². The van der Waals surface area contributed by atoms with Gasteiger partial charge in [-0.2, -0.15) is 0 Å². The molecule has 13 heavy (non-hydrogen) atoms. The molecule has 0 spiro atoms. The molecule has 0 atom stereocenters. The molecule has 0 bridgehead atoms. The summed E-state index contributed by atoms with van der Waals surface area (Å²) < 4.78 is 0. The highest BCUT2D eigenvalue weighted by Crippen LogP contribution is 2.26. The first-order chi connectivity index (χ1) is 5.97. The van der Waals surface area contributed by atoms with Gasteiger partial charge in [-0.15, -0.1) is 0 Å². The Hall–Kier alpha value is -0.850. The molecule has 1 nitrogen and oxygen atoms in total. The van der Waals surface area contributed by atoms with Gasteiger partial charge in [-0.1, -0.05) is 32.9 Å². The minimum atomic E-state index is 0.170. The van der Waals surface area contributed by atoms with Crippen LogP contribution in [0.5, 0.6) is 0 Å². The zero-order chi connectivity index (χ0) is 10.5. The van der Waals surface area contributed by atoms with Gasteiger partial charge < -0.3 is 0 Å². The van der Waals surface area contributed by atoms with Crippen molar-refractivity contribution in [3.63, 3.8) is 0 Å². The van der Waals surface area contributed by atoms with Crippen LogP contribution in [-0.2, 0) is 0 Å². The van der Waals surface area contributed by atoms with Gasteiger partial charge in [0.05, 0.1) is 5.71 Å². The molecule has 0 radical (unpaired) electrons. The van der Waals surface area contributed by atoms with Gasteiger partial charge in [0.15, 0.2) is 0 Å². The average Bonchev–Trinajstić information content (AvgIpc) is 2.01. The van der Waals surface area contributed by atoms with Crippen molar-refractivity contribution < 1.29 is 0 Å². The van der Waals surface area contributed by atoms with Crippen LogP contribution in [-0.4, -0.2) is 12.8 Å². The van der Waals surface area contributed by atoms with E-state index in [0.717, 1.165) is 5.71 Å². The molecule has 0 heterocycles. The first-order valence-electron chi connectivity index (χ1n) is 4.74. The number of rotatable bonds is 2. The van der Waals surface area contributed by atoms with E-state index in [0.29, 0.717) is 0 Å². The smallest absolute Gasteiger partial charge is 0.0601 e. The van der Waals surface area contributed by atoms with E-state index >= 15 is 0 Å². The number of hydrogen-bond donors (Lipinski definition) is 0. The summed E-state index contributed by atoms with van der Waals surface area (Å²) >= 11 is 0. The predicted octanol–water partition coefficient (Wildman–Crippen LogP) is 3.63. The van der Waals surface area contributed by atoms with Crippen molar-refractivity contribution in [1.82, 2.24) is 0 Å². The number of aliphatic imine (C=N–C) groups is 1. The first-order valence-corrected chi connectivity index (χ1v) is 4.74. The fourth-order valence-electron chi connectivity index (χ4n) is 1.41. The molecule has 0 aliphatic carbocycles. The second-order valence-corrected chi connectivity index (χ2v) is 4.06. The third kappa shape index (κ3) is 3.58. The second kappa shape index (κ2) is 5.00. The van der Waals surface area contributed by atoms with E-state index in [4.69, 9.17) is 0 Å². The number of hydrogen-bond acceptors (Lipinski definition) is 1. The maximum Gasteiger partial charge on any atom is 0.0601 e. The SMILES string of the molecule is C\C=C/C(=N/C)C(=C\C)/C(C)(C)C. The number of allylic oxidation sites excluding steroid dienone is 4. The molecule has 0 fully saturated rings. The summed E-state index contributed by atoms with van der Waals surface area (Å²) in [7, 11) is 1.84. The van der Waals surface area contributed by atoms with Gasteiger partial charge in [-0.25, -0.2) is 0 Å². The molecule has 0 saturated carbocycles. The van der Waals surface area contributed by atoms with E-state index in [9.17, 15) is 0 Å². The standard InChI is InChI=1S/C12H21N/c1-7-9-11(13-6)10(8-2)12(3,4)5/h7-9H,1-6H3/b9-7-,10-8+,13-11-. The molecule has 0 N–H and O–H groups in total. The Morgan fingerprint density at radius 3 is 1.92 bits per heavy atom. The van der Waals surface area contributed by atoms with Gasteiger partial charge in [0.2, 0.25) is 0 Å². The molecule has 74 valence electrons. The summed E-state index contributed by atoms with van der Waals surface area (Å²) in [6, 6.07) is 0. The summed E-state index contributed by atoms with van der Waals surface area (Å²) in [5.74, 6) is 0. The van der Waals surface area contributed by atoms with E-state index in [2.05, 4.69) is 44.8 Å². The Morgan fingerprint density at radius 2 is 1.69 bits per heavy atom. The van der Waals surface area contributed by atoms with Crippen molar-refractivity contribution in [2.75, 3.05) is 7.05 Å². The summed E-state index contributed by atoms with van der Waals surface area (Å²) in [6.45, 7) is 10.7. The Bertz CT molecular complexity index is 236. The maximum absolute atomic E-state index is 4.28. The van der Waals surface area contributed by atoms with Crippen molar-refractivity contribution in [3.8, 4) is 0 Å². The molecule has 0 aromatic heterocycles. The van der Waals surface area contributed by atoms with Crippen molar-refractivity contribution in [1.29, 1.82) is 0 Å². The zero-order valence-electron chi connectivity index (χ0n) is 9.68. The zero-order valence-corrected chi connectivity index (χ0v) is 9.68. The summed E-state index contributed by atoms with van der Waals surface area (Å²) in [5.41, 5.74) is 2.55. The van der Waals surface area contributed by atoms with Gasteiger partial charge >= 0.3 is 0 Å². The van der Waals surface area contributed by atoms with Crippen LogP contribution in [0.25, 0.3) is 0 Å². The van der Waals surface area contributed by atoms with E-state index in [1.54, 1.807) is 0 Å². The normalized spacial score (nSPS) is 15.5. The topological polar surface area (TPSA) is 12.4 Å². The molecule has 0 aliphatic rings. The summed E-state index contributed by atoms with van der Waals surface area (Å²) in [6.07, 6.45) is 6.22. The first kappa shape index (κ1) is 12.2. The van der Waals surface area contributed by atoms with E-state index in [-0.39, 0.29) is 5.41 Å². The Balaban J connectivity index is 5.01. The van der Waals surface area contributed by atoms with Crippen LogP contribution >= 0.6 is 0 Å². The Kier molecular flexibility index (Phi) is 4.68. The molecule has 0 aliphatic heterocycles. The Labute approximate surface area is 82.3 Å². The van der Waals surface area contributed by atoms with Crippen LogP contribution in [0.15, 0.2) is 28.8 Å².